The lowest BCUT2D eigenvalue weighted by Gasteiger charge is -2.39. The first-order valence-corrected chi connectivity index (χ1v) is 10.2. The van der Waals surface area contributed by atoms with Gasteiger partial charge in [-0.05, 0) is 30.7 Å². The van der Waals surface area contributed by atoms with Crippen molar-refractivity contribution in [3.63, 3.8) is 0 Å². The smallest absolute Gasteiger partial charge is 0.387 e. The van der Waals surface area contributed by atoms with Crippen molar-refractivity contribution >= 4 is 23.7 Å². The minimum Gasteiger partial charge on any atom is -0.433 e. The molecule has 10 heteroatoms. The lowest BCUT2D eigenvalue weighted by molar-refractivity contribution is -0.147. The molecule has 0 unspecified atom stereocenters. The van der Waals surface area contributed by atoms with E-state index in [4.69, 9.17) is 4.74 Å². The maximum atomic E-state index is 13.1. The third-order valence-electron chi connectivity index (χ3n) is 5.43. The molecule has 0 bridgehead atoms. The molecule has 1 fully saturated rings. The van der Waals surface area contributed by atoms with E-state index in [1.807, 2.05) is 24.6 Å². The SMILES string of the molecule is C.C#C.C=C(/C=c1\c(=C/C)ncn1C)N(C)c1ccc(C2CN(C(=O)C(F)F)C2)cc1OC(F)F. The molecule has 1 aliphatic rings. The predicted octanol–water partition coefficient (Wildman–Crippen LogP) is 3.33. The number of imidazole rings is 1. The number of benzene rings is 1. The molecule has 0 radical (unpaired) electrons. The Labute approximate surface area is 202 Å². The average molecular weight is 495 g/mol. The summed E-state index contributed by atoms with van der Waals surface area (Å²) in [5, 5.41) is 1.56. The van der Waals surface area contributed by atoms with Crippen LogP contribution >= 0.6 is 0 Å². The minimum atomic E-state index is -3.06. The number of hydrogen-bond donors (Lipinski definition) is 0. The monoisotopic (exact) mass is 494 g/mol. The van der Waals surface area contributed by atoms with Gasteiger partial charge >= 0.3 is 13.0 Å². The van der Waals surface area contributed by atoms with Crippen LogP contribution in [0.4, 0.5) is 23.2 Å². The second kappa shape index (κ2) is 12.6. The Morgan fingerprint density at radius 3 is 2.46 bits per heavy atom. The van der Waals surface area contributed by atoms with Gasteiger partial charge in [0.05, 0.1) is 22.7 Å². The standard InChI is InChI=1S/C22H24F4N4O2.C2H2.CH4/c1-5-16-18(28(3)12-27-16)8-13(2)29(4)17-7-6-14(9-19(17)32-22(25)26)15-10-30(11-15)21(31)20(23)24;1-2;/h5-9,12,15,20,22H,2,10-11H2,1,3-4H3;1-2H;1H4/b16-5+,18-8+;;. The number of hydrogen-bond acceptors (Lipinski definition) is 4. The number of alkyl halides is 4. The van der Waals surface area contributed by atoms with E-state index in [-0.39, 0.29) is 32.2 Å². The molecule has 190 valence electrons. The van der Waals surface area contributed by atoms with E-state index in [0.29, 0.717) is 16.9 Å². The fourth-order valence-electron chi connectivity index (χ4n) is 3.52. The summed E-state index contributed by atoms with van der Waals surface area (Å²) in [5.74, 6) is -1.53. The number of anilines is 1. The van der Waals surface area contributed by atoms with Gasteiger partial charge < -0.3 is 19.1 Å². The molecule has 1 amide bonds. The van der Waals surface area contributed by atoms with Gasteiger partial charge in [0.1, 0.15) is 5.75 Å². The molecule has 2 heterocycles. The largest absolute Gasteiger partial charge is 0.433 e. The molecule has 1 aromatic carbocycles. The van der Waals surface area contributed by atoms with Gasteiger partial charge in [0.15, 0.2) is 0 Å². The number of nitrogens with zero attached hydrogens (tertiary/aromatic N) is 4. The topological polar surface area (TPSA) is 50.6 Å². The van der Waals surface area contributed by atoms with Crippen LogP contribution in [0.5, 0.6) is 5.75 Å². The number of ether oxygens (including phenoxy) is 1. The van der Waals surface area contributed by atoms with Crippen LogP contribution in [0.3, 0.4) is 0 Å². The van der Waals surface area contributed by atoms with Crippen molar-refractivity contribution in [1.29, 1.82) is 0 Å². The Bertz CT molecular complexity index is 1170. The highest BCUT2D eigenvalue weighted by atomic mass is 19.3. The summed E-state index contributed by atoms with van der Waals surface area (Å²) in [7, 11) is 3.50. The summed E-state index contributed by atoms with van der Waals surface area (Å²) in [6.07, 6.45) is 10.2. The van der Waals surface area contributed by atoms with Crippen LogP contribution in [-0.2, 0) is 11.8 Å². The van der Waals surface area contributed by atoms with E-state index in [1.165, 1.54) is 6.07 Å². The summed E-state index contributed by atoms with van der Waals surface area (Å²) < 4.78 is 57.8. The molecule has 0 spiro atoms. The second-order valence-corrected chi connectivity index (χ2v) is 7.46. The summed E-state index contributed by atoms with van der Waals surface area (Å²) in [6.45, 7) is 3.04. The Morgan fingerprint density at radius 2 is 1.91 bits per heavy atom. The molecule has 1 aromatic heterocycles. The highest BCUT2D eigenvalue weighted by Gasteiger charge is 2.36. The zero-order valence-corrected chi connectivity index (χ0v) is 19.1. The van der Waals surface area contributed by atoms with E-state index >= 15 is 0 Å². The highest BCUT2D eigenvalue weighted by Crippen LogP contribution is 2.37. The summed E-state index contributed by atoms with van der Waals surface area (Å²) in [4.78, 5) is 18.3. The number of rotatable bonds is 7. The number of halogens is 4. The van der Waals surface area contributed by atoms with Crippen molar-refractivity contribution in [1.82, 2.24) is 14.5 Å². The Balaban J connectivity index is 0.00000199. The first-order chi connectivity index (χ1) is 16.1. The van der Waals surface area contributed by atoms with Gasteiger partial charge in [-0.2, -0.15) is 17.6 Å². The van der Waals surface area contributed by atoms with E-state index in [1.54, 1.807) is 36.5 Å². The fraction of sp³-hybridized carbons (Fsp3) is 0.360. The molecule has 0 aliphatic carbocycles. The number of carbonyl (C=O) groups excluding carboxylic acids is 1. The van der Waals surface area contributed by atoms with Gasteiger partial charge in [-0.1, -0.05) is 26.1 Å². The molecule has 0 N–H and O–H groups in total. The number of carbonyl (C=O) groups is 1. The maximum Gasteiger partial charge on any atom is 0.387 e. The molecule has 35 heavy (non-hydrogen) atoms. The zero-order valence-electron chi connectivity index (χ0n) is 19.1. The predicted molar refractivity (Wildman–Crippen MR) is 130 cm³/mol. The summed E-state index contributed by atoms with van der Waals surface area (Å²) in [5.41, 5.74) is 1.50. The lowest BCUT2D eigenvalue weighted by Crippen LogP contribution is -2.50. The van der Waals surface area contributed by atoms with Crippen molar-refractivity contribution in [2.24, 2.45) is 7.05 Å². The fourth-order valence-corrected chi connectivity index (χ4v) is 3.52. The van der Waals surface area contributed by atoms with Crippen LogP contribution in [0.1, 0.15) is 25.8 Å². The molecular formula is C25H30F4N4O2. The lowest BCUT2D eigenvalue weighted by atomic mass is 9.91. The van der Waals surface area contributed by atoms with E-state index in [0.717, 1.165) is 15.6 Å². The summed E-state index contributed by atoms with van der Waals surface area (Å²) >= 11 is 0. The number of aromatic nitrogens is 2. The first-order valence-electron chi connectivity index (χ1n) is 10.2. The highest BCUT2D eigenvalue weighted by molar-refractivity contribution is 5.80. The number of likely N-dealkylation sites (tertiary alicyclic amines) is 1. The van der Waals surface area contributed by atoms with Crippen LogP contribution in [-0.4, -0.2) is 53.5 Å². The van der Waals surface area contributed by atoms with E-state index < -0.39 is 18.9 Å². The first kappa shape index (κ1) is 29.3. The molecular weight excluding hydrogens is 464 g/mol. The Kier molecular flexibility index (Phi) is 10.6. The van der Waals surface area contributed by atoms with Crippen LogP contribution in [0.15, 0.2) is 36.8 Å². The van der Waals surface area contributed by atoms with Crippen LogP contribution in [0.25, 0.3) is 12.2 Å². The van der Waals surface area contributed by atoms with Crippen LogP contribution < -0.4 is 20.3 Å². The molecule has 1 aliphatic heterocycles. The van der Waals surface area contributed by atoms with Crippen molar-refractivity contribution < 1.29 is 27.1 Å². The van der Waals surface area contributed by atoms with Gasteiger partial charge in [-0.15, -0.1) is 12.8 Å². The Hall–Kier alpha value is -3.74. The number of amides is 1. The van der Waals surface area contributed by atoms with Gasteiger partial charge in [0.25, 0.3) is 5.91 Å². The van der Waals surface area contributed by atoms with Crippen molar-refractivity contribution in [2.45, 2.75) is 33.3 Å². The van der Waals surface area contributed by atoms with Gasteiger partial charge in [-0.25, -0.2) is 4.98 Å². The molecule has 6 nitrogen and oxygen atoms in total. The van der Waals surface area contributed by atoms with Gasteiger partial charge in [0.2, 0.25) is 0 Å². The third-order valence-corrected chi connectivity index (χ3v) is 5.43. The molecule has 1 saturated heterocycles. The van der Waals surface area contributed by atoms with Gasteiger partial charge in [-0.3, -0.25) is 4.79 Å². The van der Waals surface area contributed by atoms with E-state index in [9.17, 15) is 22.4 Å². The quantitative estimate of drug-likeness (QED) is 0.438. The zero-order chi connectivity index (χ0) is 25.6. The normalized spacial score (nSPS) is 14.2. The number of allylic oxidation sites excluding steroid dienone is 1. The molecule has 0 saturated carbocycles. The maximum absolute atomic E-state index is 13.1. The number of aryl methyl sites for hydroxylation is 1. The number of terminal acetylenes is 1. The van der Waals surface area contributed by atoms with E-state index in [2.05, 4.69) is 24.4 Å². The summed E-state index contributed by atoms with van der Waals surface area (Å²) in [6, 6.07) is 4.77. The molecule has 0 atom stereocenters. The molecule has 3 rings (SSSR count). The van der Waals surface area contributed by atoms with Gasteiger partial charge in [0, 0.05) is 38.8 Å². The third kappa shape index (κ3) is 6.66. The van der Waals surface area contributed by atoms with Crippen molar-refractivity contribution in [2.75, 3.05) is 25.0 Å². The van der Waals surface area contributed by atoms with Crippen LogP contribution in [0, 0.1) is 12.8 Å². The van der Waals surface area contributed by atoms with Crippen molar-refractivity contribution in [3.8, 4) is 18.6 Å². The van der Waals surface area contributed by atoms with Crippen LogP contribution in [0.2, 0.25) is 0 Å². The molecule has 2 aromatic rings. The minimum absolute atomic E-state index is 0. The second-order valence-electron chi connectivity index (χ2n) is 7.46. The average Bonchev–Trinajstić information content (AvgIpc) is 3.12. The Morgan fingerprint density at radius 1 is 1.29 bits per heavy atom. The van der Waals surface area contributed by atoms with Crippen molar-refractivity contribution in [3.05, 3.63) is 53.1 Å².